The molecule has 0 aliphatic carbocycles. The molecule has 1 aromatic rings. The third kappa shape index (κ3) is 4.71. The Morgan fingerprint density at radius 3 is 2.61 bits per heavy atom. The van der Waals surface area contributed by atoms with Crippen molar-refractivity contribution in [3.63, 3.8) is 0 Å². The maximum absolute atomic E-state index is 12.6. The average molecular weight is 329 g/mol. The molecule has 0 saturated carbocycles. The number of alkyl halides is 3. The lowest BCUT2D eigenvalue weighted by Gasteiger charge is -2.31. The Kier molecular flexibility index (Phi) is 5.28. The van der Waals surface area contributed by atoms with Gasteiger partial charge in [-0.3, -0.25) is 9.59 Å². The summed E-state index contributed by atoms with van der Waals surface area (Å²) in [6.07, 6.45) is -4.45. The van der Waals surface area contributed by atoms with Crippen molar-refractivity contribution in [1.29, 1.82) is 0 Å². The highest BCUT2D eigenvalue weighted by molar-refractivity contribution is 5.96. The van der Waals surface area contributed by atoms with Gasteiger partial charge in [-0.25, -0.2) is 0 Å². The predicted octanol–water partition coefficient (Wildman–Crippen LogP) is 3.12. The van der Waals surface area contributed by atoms with Gasteiger partial charge in [-0.05, 0) is 30.9 Å². The normalized spacial score (nSPS) is 18.7. The molecule has 0 aromatic heterocycles. The van der Waals surface area contributed by atoms with Gasteiger partial charge in [-0.1, -0.05) is 18.2 Å². The van der Waals surface area contributed by atoms with E-state index in [9.17, 15) is 22.8 Å². The van der Waals surface area contributed by atoms with Crippen molar-refractivity contribution >= 4 is 11.9 Å². The molecule has 4 nitrogen and oxygen atoms in total. The van der Waals surface area contributed by atoms with Crippen LogP contribution in [0.3, 0.4) is 0 Å². The van der Waals surface area contributed by atoms with Crippen LogP contribution in [0.5, 0.6) is 0 Å². The number of rotatable bonds is 4. The summed E-state index contributed by atoms with van der Waals surface area (Å²) in [6.45, 7) is 0.526. The molecule has 1 saturated heterocycles. The molecule has 2 rings (SSSR count). The van der Waals surface area contributed by atoms with Crippen LogP contribution in [0.4, 0.5) is 13.2 Å². The molecule has 1 aliphatic heterocycles. The van der Waals surface area contributed by atoms with Crippen molar-refractivity contribution in [2.75, 3.05) is 13.1 Å². The summed E-state index contributed by atoms with van der Waals surface area (Å²) < 4.78 is 37.2. The Morgan fingerprint density at radius 2 is 1.96 bits per heavy atom. The summed E-state index contributed by atoms with van der Waals surface area (Å²) in [5, 5.41) is 9.07. The van der Waals surface area contributed by atoms with Gasteiger partial charge < -0.3 is 10.0 Å². The Labute approximate surface area is 131 Å². The van der Waals surface area contributed by atoms with E-state index in [1.807, 2.05) is 0 Å². The van der Waals surface area contributed by atoms with Gasteiger partial charge in [0.1, 0.15) is 0 Å². The number of likely N-dealkylation sites (tertiary alicyclic amines) is 1. The Morgan fingerprint density at radius 1 is 1.26 bits per heavy atom. The number of carboxylic acid groups (broad SMARTS) is 1. The lowest BCUT2D eigenvalue weighted by atomic mass is 9.96. The summed E-state index contributed by atoms with van der Waals surface area (Å²) in [7, 11) is 0. The molecule has 0 radical (unpaired) electrons. The van der Waals surface area contributed by atoms with Gasteiger partial charge in [0, 0.05) is 25.1 Å². The van der Waals surface area contributed by atoms with E-state index in [2.05, 4.69) is 0 Å². The first kappa shape index (κ1) is 17.3. The minimum absolute atomic E-state index is 0.0990. The van der Waals surface area contributed by atoms with Gasteiger partial charge in [0.05, 0.1) is 5.92 Å². The van der Waals surface area contributed by atoms with Crippen molar-refractivity contribution in [2.45, 2.75) is 31.9 Å². The second-order valence-electron chi connectivity index (χ2n) is 5.70. The standard InChI is InChI=1S/C16H18F3NO3/c17-16(18,19)8-7-11-4-1-2-6-13(11)14(21)20-9-3-5-12(10-20)15(22)23/h1-2,4,6,12H,3,5,7-10H2,(H,22,23). The van der Waals surface area contributed by atoms with Crippen molar-refractivity contribution < 1.29 is 27.9 Å². The Hall–Kier alpha value is -2.05. The van der Waals surface area contributed by atoms with E-state index < -0.39 is 30.4 Å². The van der Waals surface area contributed by atoms with Crippen molar-refractivity contribution in [3.8, 4) is 0 Å². The first-order valence-electron chi connectivity index (χ1n) is 7.44. The van der Waals surface area contributed by atoms with E-state index in [1.54, 1.807) is 12.1 Å². The number of piperidine rings is 1. The van der Waals surface area contributed by atoms with E-state index in [0.717, 1.165) is 0 Å². The third-order valence-corrected chi connectivity index (χ3v) is 3.98. The monoisotopic (exact) mass is 329 g/mol. The molecule has 23 heavy (non-hydrogen) atoms. The fraction of sp³-hybridized carbons (Fsp3) is 0.500. The second kappa shape index (κ2) is 7.02. The lowest BCUT2D eigenvalue weighted by Crippen LogP contribution is -2.42. The third-order valence-electron chi connectivity index (χ3n) is 3.98. The molecule has 1 N–H and O–H groups in total. The van der Waals surface area contributed by atoms with Crippen molar-refractivity contribution in [3.05, 3.63) is 35.4 Å². The predicted molar refractivity (Wildman–Crippen MR) is 77.1 cm³/mol. The number of nitrogens with zero attached hydrogens (tertiary/aromatic N) is 1. The van der Waals surface area contributed by atoms with E-state index in [4.69, 9.17) is 5.11 Å². The molecule has 7 heteroatoms. The molecular weight excluding hydrogens is 311 g/mol. The van der Waals surface area contributed by atoms with Gasteiger partial charge in [0.25, 0.3) is 5.91 Å². The molecule has 1 unspecified atom stereocenters. The number of aliphatic carboxylic acids is 1. The molecule has 0 bridgehead atoms. The minimum atomic E-state index is -4.28. The molecule has 0 spiro atoms. The highest BCUT2D eigenvalue weighted by atomic mass is 19.4. The highest BCUT2D eigenvalue weighted by Crippen LogP contribution is 2.25. The summed E-state index contributed by atoms with van der Waals surface area (Å²) in [5.74, 6) is -1.96. The highest BCUT2D eigenvalue weighted by Gasteiger charge is 2.31. The van der Waals surface area contributed by atoms with E-state index in [1.165, 1.54) is 17.0 Å². The Bertz CT molecular complexity index is 586. The topological polar surface area (TPSA) is 57.6 Å². The average Bonchev–Trinajstić information content (AvgIpc) is 2.52. The number of hydrogen-bond acceptors (Lipinski definition) is 2. The maximum Gasteiger partial charge on any atom is 0.389 e. The summed E-state index contributed by atoms with van der Waals surface area (Å²) in [6, 6.07) is 6.21. The van der Waals surface area contributed by atoms with Crippen LogP contribution in [-0.4, -0.2) is 41.1 Å². The number of hydrogen-bond donors (Lipinski definition) is 1. The number of carboxylic acids is 1. The molecule has 1 atom stereocenters. The van der Waals surface area contributed by atoms with Crippen LogP contribution in [0.25, 0.3) is 0 Å². The number of amides is 1. The molecule has 126 valence electrons. The SMILES string of the molecule is O=C(O)C1CCCN(C(=O)c2ccccc2CCC(F)(F)F)C1. The maximum atomic E-state index is 12.6. The zero-order valence-corrected chi connectivity index (χ0v) is 12.5. The van der Waals surface area contributed by atoms with Gasteiger partial charge in [0.2, 0.25) is 0 Å². The van der Waals surface area contributed by atoms with Crippen LogP contribution >= 0.6 is 0 Å². The van der Waals surface area contributed by atoms with Crippen LogP contribution < -0.4 is 0 Å². The molecule has 1 heterocycles. The minimum Gasteiger partial charge on any atom is -0.481 e. The largest absolute Gasteiger partial charge is 0.481 e. The van der Waals surface area contributed by atoms with E-state index in [0.29, 0.717) is 24.9 Å². The fourth-order valence-electron chi connectivity index (χ4n) is 2.76. The summed E-state index contributed by atoms with van der Waals surface area (Å²) in [4.78, 5) is 25.1. The zero-order chi connectivity index (χ0) is 17.0. The Balaban J connectivity index is 2.14. The number of carbonyl (C=O) groups excluding carboxylic acids is 1. The molecule has 1 aromatic carbocycles. The van der Waals surface area contributed by atoms with Crippen molar-refractivity contribution in [1.82, 2.24) is 4.90 Å². The van der Waals surface area contributed by atoms with Crippen LogP contribution in [0, 0.1) is 5.92 Å². The van der Waals surface area contributed by atoms with Gasteiger partial charge in [0.15, 0.2) is 0 Å². The molecule has 1 amide bonds. The lowest BCUT2D eigenvalue weighted by molar-refractivity contribution is -0.143. The molecular formula is C16H18F3NO3. The van der Waals surface area contributed by atoms with Crippen LogP contribution in [0.2, 0.25) is 0 Å². The van der Waals surface area contributed by atoms with E-state index in [-0.39, 0.29) is 18.5 Å². The first-order chi connectivity index (χ1) is 10.8. The molecule has 1 aliphatic rings. The molecule has 1 fully saturated rings. The van der Waals surface area contributed by atoms with E-state index >= 15 is 0 Å². The van der Waals surface area contributed by atoms with Crippen molar-refractivity contribution in [2.24, 2.45) is 5.92 Å². The summed E-state index contributed by atoms with van der Waals surface area (Å²) >= 11 is 0. The van der Waals surface area contributed by atoms with Crippen LogP contribution in [0.15, 0.2) is 24.3 Å². The quantitative estimate of drug-likeness (QED) is 0.923. The van der Waals surface area contributed by atoms with Crippen LogP contribution in [0.1, 0.15) is 35.2 Å². The second-order valence-corrected chi connectivity index (χ2v) is 5.70. The number of halogens is 3. The smallest absolute Gasteiger partial charge is 0.389 e. The zero-order valence-electron chi connectivity index (χ0n) is 12.5. The van der Waals surface area contributed by atoms with Gasteiger partial charge in [-0.2, -0.15) is 13.2 Å². The number of benzene rings is 1. The van der Waals surface area contributed by atoms with Crippen LogP contribution in [-0.2, 0) is 11.2 Å². The van der Waals surface area contributed by atoms with Gasteiger partial charge in [-0.15, -0.1) is 0 Å². The first-order valence-corrected chi connectivity index (χ1v) is 7.44. The summed E-state index contributed by atoms with van der Waals surface area (Å²) in [5.41, 5.74) is 0.565. The number of aryl methyl sites for hydroxylation is 1. The fourth-order valence-corrected chi connectivity index (χ4v) is 2.76. The number of carbonyl (C=O) groups is 2. The van der Waals surface area contributed by atoms with Gasteiger partial charge >= 0.3 is 12.1 Å².